The molecule has 0 bridgehead atoms. The van der Waals surface area contributed by atoms with Crippen molar-refractivity contribution >= 4 is 102 Å². The van der Waals surface area contributed by atoms with Crippen LogP contribution >= 0.6 is 11.3 Å². The van der Waals surface area contributed by atoms with Crippen molar-refractivity contribution in [1.82, 2.24) is 0 Å². The third-order valence-electron chi connectivity index (χ3n) is 16.0. The van der Waals surface area contributed by atoms with Gasteiger partial charge in [-0.2, -0.15) is 0 Å². The Morgan fingerprint density at radius 2 is 0.732 bits per heavy atom. The van der Waals surface area contributed by atoms with Crippen LogP contribution < -0.4 is 4.90 Å². The van der Waals surface area contributed by atoms with Gasteiger partial charge in [-0.05, 0) is 152 Å². The molecule has 0 amide bonds. The molecule has 1 aromatic heterocycles. The van der Waals surface area contributed by atoms with Gasteiger partial charge >= 0.3 is 0 Å². The number of hydrogen-bond acceptors (Lipinski definition) is 2. The topological polar surface area (TPSA) is 3.24 Å². The summed E-state index contributed by atoms with van der Waals surface area (Å²) in [6.45, 7) is 0. The predicted octanol–water partition coefficient (Wildman–Crippen LogP) is 19.3. The smallest absolute Gasteiger partial charge is 0.0726 e. The minimum Gasteiger partial charge on any atom is -0.310 e. The van der Waals surface area contributed by atoms with Gasteiger partial charge in [0.25, 0.3) is 0 Å². The van der Waals surface area contributed by atoms with Crippen LogP contribution in [0.15, 0.2) is 249 Å². The molecule has 328 valence electrons. The van der Waals surface area contributed by atoms with E-state index in [1.54, 1.807) is 0 Å². The number of thiophene rings is 1. The molecule has 0 unspecified atom stereocenters. The first kappa shape index (κ1) is 39.1. The minimum absolute atomic E-state index is 0.522. The lowest BCUT2D eigenvalue weighted by Gasteiger charge is -2.33. The second-order valence-corrected chi connectivity index (χ2v) is 20.5. The summed E-state index contributed by atoms with van der Waals surface area (Å²) in [5.74, 6) is 0. The van der Waals surface area contributed by atoms with E-state index in [0.717, 1.165) is 17.1 Å². The zero-order valence-corrected chi connectivity index (χ0v) is 39.3. The van der Waals surface area contributed by atoms with E-state index in [2.05, 4.69) is 254 Å². The zero-order chi connectivity index (χ0) is 46.4. The second kappa shape index (κ2) is 14.6. The third-order valence-corrected chi connectivity index (χ3v) is 17.2. The van der Waals surface area contributed by atoms with Crippen molar-refractivity contribution in [3.8, 4) is 33.4 Å². The fourth-order valence-electron chi connectivity index (χ4n) is 13.0. The van der Waals surface area contributed by atoms with Crippen molar-refractivity contribution in [2.45, 2.75) is 5.41 Å². The van der Waals surface area contributed by atoms with E-state index < -0.39 is 5.41 Å². The van der Waals surface area contributed by atoms with Crippen LogP contribution in [0.2, 0.25) is 0 Å². The Balaban J connectivity index is 1.06. The van der Waals surface area contributed by atoms with Gasteiger partial charge in [0.05, 0.1) is 11.1 Å². The second-order valence-electron chi connectivity index (χ2n) is 19.5. The van der Waals surface area contributed by atoms with E-state index in [0.29, 0.717) is 0 Å². The average molecular weight is 916 g/mol. The first-order chi connectivity index (χ1) is 35.2. The average Bonchev–Trinajstić information content (AvgIpc) is 4.07. The Morgan fingerprint density at radius 1 is 0.268 bits per heavy atom. The van der Waals surface area contributed by atoms with Gasteiger partial charge in [-0.15, -0.1) is 11.3 Å². The van der Waals surface area contributed by atoms with Crippen LogP contribution in [0.1, 0.15) is 22.3 Å². The highest BCUT2D eigenvalue weighted by Gasteiger charge is 2.52. The molecule has 0 saturated heterocycles. The molecule has 71 heavy (non-hydrogen) atoms. The molecule has 0 atom stereocenters. The summed E-state index contributed by atoms with van der Waals surface area (Å²) in [4.78, 5) is 2.58. The Bertz CT molecular complexity index is 4530. The predicted molar refractivity (Wildman–Crippen MR) is 303 cm³/mol. The number of hydrogen-bond donors (Lipinski definition) is 0. The van der Waals surface area contributed by atoms with Crippen LogP contribution in [0.3, 0.4) is 0 Å². The fourth-order valence-corrected chi connectivity index (χ4v) is 14.2. The van der Waals surface area contributed by atoms with E-state index in [-0.39, 0.29) is 0 Å². The Morgan fingerprint density at radius 3 is 1.41 bits per heavy atom. The maximum atomic E-state index is 2.59. The SMILES string of the molecule is c1ccc2c(c1)-c1ccccc1C21c2ccccc2-c2cc(-c3ccc4c(c3)sc3ccccc34)c(N(c3ccc4ccc5ccccc5c4c3)c3ccc4c5ccccc5c5ccccc5c4c3)cc21. The number of fused-ring (bicyclic) bond motifs is 22. The summed E-state index contributed by atoms with van der Waals surface area (Å²) < 4.78 is 2.60. The van der Waals surface area contributed by atoms with E-state index in [1.165, 1.54) is 130 Å². The summed E-state index contributed by atoms with van der Waals surface area (Å²) >= 11 is 1.88. The van der Waals surface area contributed by atoms with Gasteiger partial charge in [-0.1, -0.05) is 200 Å². The molecule has 0 N–H and O–H groups in total. The maximum Gasteiger partial charge on any atom is 0.0726 e. The number of nitrogens with zero attached hydrogens (tertiary/aromatic N) is 1. The third kappa shape index (κ3) is 5.35. The van der Waals surface area contributed by atoms with Gasteiger partial charge < -0.3 is 4.90 Å². The maximum absolute atomic E-state index is 2.59. The molecule has 2 aliphatic carbocycles. The van der Waals surface area contributed by atoms with Crippen molar-refractivity contribution in [1.29, 1.82) is 0 Å². The number of anilines is 3. The quantitative estimate of drug-likeness (QED) is 0.159. The standard InChI is InChI=1S/C69H41NS/c1-2-16-47-42(15-1)29-30-43-31-33-45(38-58(43)47)70(46-34-36-52-50-19-4-3-17-48(50)49-18-5-6-20-51(49)60(52)39-46)66-41-65-61(40-59(66)44-32-35-57-56-24-10-14-28-67(56)71-68(57)37-44)55-23-9-13-27-64(55)69(65)62-25-11-7-21-53(62)54-22-8-12-26-63(54)69/h1-41H. The molecule has 16 rings (SSSR count). The lowest BCUT2D eigenvalue weighted by Crippen LogP contribution is -2.26. The zero-order valence-electron chi connectivity index (χ0n) is 38.5. The van der Waals surface area contributed by atoms with E-state index in [4.69, 9.17) is 0 Å². The van der Waals surface area contributed by atoms with Crippen LogP contribution in [-0.4, -0.2) is 0 Å². The molecule has 2 heteroatoms. The van der Waals surface area contributed by atoms with Crippen LogP contribution in [0.4, 0.5) is 17.1 Å². The summed E-state index contributed by atoms with van der Waals surface area (Å²) in [6.07, 6.45) is 0. The van der Waals surface area contributed by atoms with E-state index in [9.17, 15) is 0 Å². The Labute approximate surface area is 414 Å². The summed E-state index contributed by atoms with van der Waals surface area (Å²) in [5, 5.41) is 15.1. The Kier molecular flexibility index (Phi) is 8.04. The van der Waals surface area contributed by atoms with Gasteiger partial charge in [-0.25, -0.2) is 0 Å². The van der Waals surface area contributed by atoms with Gasteiger partial charge in [0.2, 0.25) is 0 Å². The molecule has 0 saturated carbocycles. The largest absolute Gasteiger partial charge is 0.310 e. The number of rotatable bonds is 4. The summed E-state index contributed by atoms with van der Waals surface area (Å²) in [6, 6.07) is 94.2. The molecular formula is C69H41NS. The highest BCUT2D eigenvalue weighted by atomic mass is 32.1. The lowest BCUT2D eigenvalue weighted by atomic mass is 9.70. The number of benzene rings is 13. The normalized spacial score (nSPS) is 13.2. The molecule has 0 aliphatic heterocycles. The molecule has 1 spiro atoms. The van der Waals surface area contributed by atoms with Gasteiger partial charge in [0, 0.05) is 37.1 Å². The Hall–Kier alpha value is -8.82. The van der Waals surface area contributed by atoms with Crippen molar-refractivity contribution in [3.63, 3.8) is 0 Å². The van der Waals surface area contributed by atoms with Gasteiger partial charge in [0.1, 0.15) is 0 Å². The van der Waals surface area contributed by atoms with Crippen molar-refractivity contribution in [3.05, 3.63) is 271 Å². The monoisotopic (exact) mass is 915 g/mol. The van der Waals surface area contributed by atoms with Crippen molar-refractivity contribution in [2.75, 3.05) is 4.90 Å². The van der Waals surface area contributed by atoms with Crippen LogP contribution in [0.5, 0.6) is 0 Å². The van der Waals surface area contributed by atoms with Crippen LogP contribution in [0.25, 0.3) is 107 Å². The van der Waals surface area contributed by atoms with Crippen LogP contribution in [0, 0.1) is 0 Å². The molecule has 13 aromatic carbocycles. The molecule has 0 fully saturated rings. The molecular weight excluding hydrogens is 875 g/mol. The highest BCUT2D eigenvalue weighted by Crippen LogP contribution is 2.64. The van der Waals surface area contributed by atoms with Gasteiger partial charge in [-0.3, -0.25) is 0 Å². The molecule has 1 heterocycles. The summed E-state index contributed by atoms with van der Waals surface area (Å²) in [7, 11) is 0. The van der Waals surface area contributed by atoms with Gasteiger partial charge in [0.15, 0.2) is 0 Å². The molecule has 0 radical (unpaired) electrons. The van der Waals surface area contributed by atoms with E-state index in [1.807, 2.05) is 11.3 Å². The van der Waals surface area contributed by atoms with E-state index >= 15 is 0 Å². The molecule has 1 nitrogen and oxygen atoms in total. The first-order valence-electron chi connectivity index (χ1n) is 24.7. The minimum atomic E-state index is -0.522. The summed E-state index contributed by atoms with van der Waals surface area (Å²) in [5.41, 5.74) is 15.7. The van der Waals surface area contributed by atoms with Crippen molar-refractivity contribution in [2.24, 2.45) is 0 Å². The molecule has 14 aromatic rings. The first-order valence-corrected chi connectivity index (χ1v) is 25.5. The lowest BCUT2D eigenvalue weighted by molar-refractivity contribution is 0.794. The van der Waals surface area contributed by atoms with Crippen LogP contribution in [-0.2, 0) is 5.41 Å². The molecule has 2 aliphatic rings. The fraction of sp³-hybridized carbons (Fsp3) is 0.0145. The highest BCUT2D eigenvalue weighted by molar-refractivity contribution is 7.25. The van der Waals surface area contributed by atoms with Crippen molar-refractivity contribution < 1.29 is 0 Å².